The lowest BCUT2D eigenvalue weighted by atomic mass is 10.2. The number of aromatic nitrogens is 2. The zero-order valence-electron chi connectivity index (χ0n) is 11.5. The Hall–Kier alpha value is -2.70. The molecule has 2 rings (SSSR count). The maximum absolute atomic E-state index is 5.90. The molecule has 0 unspecified atom stereocenters. The molecule has 0 aliphatic rings. The van der Waals surface area contributed by atoms with Crippen LogP contribution in [0.2, 0.25) is 0 Å². The number of benzene rings is 1. The topological polar surface area (TPSA) is 91.5 Å². The number of nitrogens with two attached hydrogens (primary N) is 1. The fraction of sp³-hybridized carbons (Fsp3) is 0.231. The molecule has 7 nitrogen and oxygen atoms in total. The molecule has 2 aromatic rings. The van der Waals surface area contributed by atoms with Crippen LogP contribution in [-0.4, -0.2) is 31.3 Å². The van der Waals surface area contributed by atoms with Crippen molar-refractivity contribution in [3.63, 3.8) is 0 Å². The van der Waals surface area contributed by atoms with Crippen molar-refractivity contribution in [1.82, 2.24) is 9.97 Å². The van der Waals surface area contributed by atoms with Gasteiger partial charge in [-0.25, -0.2) is 4.98 Å². The van der Waals surface area contributed by atoms with E-state index in [2.05, 4.69) is 15.3 Å². The number of methoxy groups -OCH3 is 3. The monoisotopic (exact) mass is 276 g/mol. The van der Waals surface area contributed by atoms with Crippen LogP contribution in [0.1, 0.15) is 0 Å². The van der Waals surface area contributed by atoms with Gasteiger partial charge in [0.05, 0.1) is 21.3 Å². The van der Waals surface area contributed by atoms with E-state index in [1.807, 2.05) is 6.07 Å². The van der Waals surface area contributed by atoms with E-state index in [0.717, 1.165) is 5.69 Å². The number of nitrogens with zero attached hydrogens (tertiary/aromatic N) is 2. The van der Waals surface area contributed by atoms with Gasteiger partial charge in [0, 0.05) is 11.8 Å². The molecular weight excluding hydrogens is 260 g/mol. The number of nitrogen functional groups attached to an aromatic ring is 1. The molecule has 1 aromatic carbocycles. The quantitative estimate of drug-likeness (QED) is 0.860. The van der Waals surface area contributed by atoms with Gasteiger partial charge >= 0.3 is 0 Å². The third kappa shape index (κ3) is 2.66. The highest BCUT2D eigenvalue weighted by molar-refractivity contribution is 5.73. The van der Waals surface area contributed by atoms with Gasteiger partial charge in [-0.3, -0.25) is 0 Å². The minimum atomic E-state index is 0.322. The highest BCUT2D eigenvalue weighted by Gasteiger charge is 2.10. The Bertz CT molecular complexity index is 604. The standard InChI is InChI=1S/C13H16N4O3/c1-18-9-5-4-8(6-10(9)19-2)17-12-11(14)13(20-3)16-7-15-12/h4-7H,14H2,1-3H3,(H,15,16,17). The van der Waals surface area contributed by atoms with E-state index in [4.69, 9.17) is 19.9 Å². The maximum atomic E-state index is 5.90. The van der Waals surface area contributed by atoms with Gasteiger partial charge in [0.2, 0.25) is 5.88 Å². The number of anilines is 3. The first-order valence-corrected chi connectivity index (χ1v) is 5.83. The number of nitrogens with one attached hydrogen (secondary N) is 1. The fourth-order valence-electron chi connectivity index (χ4n) is 1.69. The molecule has 7 heteroatoms. The smallest absolute Gasteiger partial charge is 0.242 e. The summed E-state index contributed by atoms with van der Waals surface area (Å²) >= 11 is 0. The Labute approximate surface area is 116 Å². The first kappa shape index (κ1) is 13.7. The SMILES string of the molecule is COc1ccc(Nc2ncnc(OC)c2N)cc1OC. The average molecular weight is 276 g/mol. The summed E-state index contributed by atoms with van der Waals surface area (Å²) in [6, 6.07) is 5.40. The van der Waals surface area contributed by atoms with Crippen LogP contribution in [0.5, 0.6) is 17.4 Å². The van der Waals surface area contributed by atoms with E-state index in [1.165, 1.54) is 13.4 Å². The first-order valence-electron chi connectivity index (χ1n) is 5.83. The minimum Gasteiger partial charge on any atom is -0.493 e. The second kappa shape index (κ2) is 5.96. The van der Waals surface area contributed by atoms with Crippen molar-refractivity contribution in [2.24, 2.45) is 0 Å². The lowest BCUT2D eigenvalue weighted by molar-refractivity contribution is 0.355. The summed E-state index contributed by atoms with van der Waals surface area (Å²) in [5.41, 5.74) is 7.00. The van der Waals surface area contributed by atoms with Crippen LogP contribution >= 0.6 is 0 Å². The van der Waals surface area contributed by atoms with Gasteiger partial charge in [-0.15, -0.1) is 0 Å². The highest BCUT2D eigenvalue weighted by Crippen LogP contribution is 2.32. The minimum absolute atomic E-state index is 0.322. The first-order chi connectivity index (χ1) is 9.69. The van der Waals surface area contributed by atoms with Gasteiger partial charge in [-0.1, -0.05) is 0 Å². The van der Waals surface area contributed by atoms with Gasteiger partial charge in [-0.2, -0.15) is 4.98 Å². The van der Waals surface area contributed by atoms with E-state index in [9.17, 15) is 0 Å². The third-order valence-corrected chi connectivity index (χ3v) is 2.69. The Balaban J connectivity index is 2.30. The van der Waals surface area contributed by atoms with Crippen molar-refractivity contribution in [3.05, 3.63) is 24.5 Å². The zero-order chi connectivity index (χ0) is 14.5. The zero-order valence-corrected chi connectivity index (χ0v) is 11.5. The second-order valence-electron chi connectivity index (χ2n) is 3.84. The molecule has 0 spiro atoms. The summed E-state index contributed by atoms with van der Waals surface area (Å²) in [4.78, 5) is 8.00. The van der Waals surface area contributed by atoms with E-state index in [0.29, 0.717) is 28.9 Å². The summed E-state index contributed by atoms with van der Waals surface area (Å²) in [6.45, 7) is 0. The number of ether oxygens (including phenoxy) is 3. The Morgan fingerprint density at radius 2 is 1.75 bits per heavy atom. The molecule has 0 aliphatic heterocycles. The summed E-state index contributed by atoms with van der Waals surface area (Å²) in [7, 11) is 4.65. The Morgan fingerprint density at radius 1 is 1.00 bits per heavy atom. The summed E-state index contributed by atoms with van der Waals surface area (Å²) < 4.78 is 15.5. The molecule has 1 heterocycles. The molecular formula is C13H16N4O3. The van der Waals surface area contributed by atoms with Crippen LogP contribution in [0, 0.1) is 0 Å². The van der Waals surface area contributed by atoms with Crippen molar-refractivity contribution in [1.29, 1.82) is 0 Å². The predicted molar refractivity (Wildman–Crippen MR) is 75.8 cm³/mol. The van der Waals surface area contributed by atoms with Crippen LogP contribution in [0.15, 0.2) is 24.5 Å². The highest BCUT2D eigenvalue weighted by atomic mass is 16.5. The number of rotatable bonds is 5. The molecule has 0 saturated carbocycles. The largest absolute Gasteiger partial charge is 0.493 e. The van der Waals surface area contributed by atoms with Crippen molar-refractivity contribution < 1.29 is 14.2 Å². The third-order valence-electron chi connectivity index (χ3n) is 2.69. The fourth-order valence-corrected chi connectivity index (χ4v) is 1.69. The van der Waals surface area contributed by atoms with E-state index in [-0.39, 0.29) is 0 Å². The van der Waals surface area contributed by atoms with E-state index in [1.54, 1.807) is 26.4 Å². The Morgan fingerprint density at radius 3 is 2.40 bits per heavy atom. The molecule has 106 valence electrons. The van der Waals surface area contributed by atoms with Crippen molar-refractivity contribution in [2.45, 2.75) is 0 Å². The molecule has 0 fully saturated rings. The van der Waals surface area contributed by atoms with Crippen molar-refractivity contribution >= 4 is 17.2 Å². The lowest BCUT2D eigenvalue weighted by Crippen LogP contribution is -2.03. The summed E-state index contributed by atoms with van der Waals surface area (Å²) in [6.07, 6.45) is 1.37. The normalized spacial score (nSPS) is 9.95. The van der Waals surface area contributed by atoms with Crippen LogP contribution in [-0.2, 0) is 0 Å². The molecule has 0 atom stereocenters. The number of hydrogen-bond acceptors (Lipinski definition) is 7. The second-order valence-corrected chi connectivity index (χ2v) is 3.84. The molecule has 0 bridgehead atoms. The van der Waals surface area contributed by atoms with Gasteiger partial charge < -0.3 is 25.3 Å². The van der Waals surface area contributed by atoms with Gasteiger partial charge in [0.15, 0.2) is 17.3 Å². The lowest BCUT2D eigenvalue weighted by Gasteiger charge is -2.12. The van der Waals surface area contributed by atoms with Crippen molar-refractivity contribution in [3.8, 4) is 17.4 Å². The van der Waals surface area contributed by atoms with Gasteiger partial charge in [0.25, 0.3) is 0 Å². The number of hydrogen-bond donors (Lipinski definition) is 2. The molecule has 0 amide bonds. The van der Waals surface area contributed by atoms with Crippen LogP contribution in [0.3, 0.4) is 0 Å². The summed E-state index contributed by atoms with van der Waals surface area (Å²) in [5, 5.41) is 3.08. The van der Waals surface area contributed by atoms with Crippen LogP contribution in [0.4, 0.5) is 17.2 Å². The molecule has 0 saturated heterocycles. The molecule has 3 N–H and O–H groups in total. The summed E-state index contributed by atoms with van der Waals surface area (Å²) in [5.74, 6) is 2.04. The van der Waals surface area contributed by atoms with Crippen LogP contribution < -0.4 is 25.3 Å². The average Bonchev–Trinajstić information content (AvgIpc) is 2.49. The van der Waals surface area contributed by atoms with Crippen LogP contribution in [0.25, 0.3) is 0 Å². The molecule has 0 aliphatic carbocycles. The maximum Gasteiger partial charge on any atom is 0.242 e. The molecule has 20 heavy (non-hydrogen) atoms. The van der Waals surface area contributed by atoms with E-state index >= 15 is 0 Å². The molecule has 0 radical (unpaired) electrons. The molecule has 1 aromatic heterocycles. The van der Waals surface area contributed by atoms with Crippen molar-refractivity contribution in [2.75, 3.05) is 32.4 Å². The van der Waals surface area contributed by atoms with Gasteiger partial charge in [0.1, 0.15) is 12.0 Å². The van der Waals surface area contributed by atoms with Gasteiger partial charge in [-0.05, 0) is 12.1 Å². The van der Waals surface area contributed by atoms with E-state index < -0.39 is 0 Å². The predicted octanol–water partition coefficient (Wildman–Crippen LogP) is 1.83. The Kier molecular flexibility index (Phi) is 4.09.